The molecular weight excluding hydrogens is 338 g/mol. The molecule has 2 N–H and O–H groups in total. The van der Waals surface area contributed by atoms with Crippen LogP contribution in [0.3, 0.4) is 0 Å². The summed E-state index contributed by atoms with van der Waals surface area (Å²) in [4.78, 5) is 18.8. The summed E-state index contributed by atoms with van der Waals surface area (Å²) >= 11 is 6.18. The molecule has 6 heteroatoms. The van der Waals surface area contributed by atoms with Gasteiger partial charge in [0, 0.05) is 37.5 Å². The van der Waals surface area contributed by atoms with E-state index >= 15 is 0 Å². The molecule has 1 aliphatic rings. The van der Waals surface area contributed by atoms with Crippen LogP contribution in [0.2, 0.25) is 5.02 Å². The number of nitrogens with two attached hydrogens (primary N) is 1. The summed E-state index contributed by atoms with van der Waals surface area (Å²) in [6.45, 7) is 3.53. The predicted molar refractivity (Wildman–Crippen MR) is 98.2 cm³/mol. The van der Waals surface area contributed by atoms with E-state index in [4.69, 9.17) is 21.8 Å². The summed E-state index contributed by atoms with van der Waals surface area (Å²) in [7, 11) is 0. The minimum atomic E-state index is 0.125. The van der Waals surface area contributed by atoms with Gasteiger partial charge in [0.2, 0.25) is 5.91 Å². The van der Waals surface area contributed by atoms with Gasteiger partial charge < -0.3 is 15.1 Å². The average molecular weight is 362 g/mol. The molecule has 0 aliphatic carbocycles. The summed E-state index contributed by atoms with van der Waals surface area (Å²) in [5.74, 6) is 1.93. The summed E-state index contributed by atoms with van der Waals surface area (Å²) in [6, 6.07) is 7.62. The lowest BCUT2D eigenvalue weighted by atomic mass is 9.92. The summed E-state index contributed by atoms with van der Waals surface area (Å²) < 4.78 is 5.77. The summed E-state index contributed by atoms with van der Waals surface area (Å²) in [5.41, 5.74) is 6.65. The van der Waals surface area contributed by atoms with Gasteiger partial charge in [-0.15, -0.1) is 0 Å². The highest BCUT2D eigenvalue weighted by Gasteiger charge is 2.28. The Morgan fingerprint density at radius 3 is 3.00 bits per heavy atom. The van der Waals surface area contributed by atoms with E-state index in [2.05, 4.69) is 11.9 Å². The second-order valence-electron chi connectivity index (χ2n) is 6.70. The largest absolute Gasteiger partial charge is 0.441 e. The van der Waals surface area contributed by atoms with Gasteiger partial charge in [0.15, 0.2) is 11.7 Å². The van der Waals surface area contributed by atoms with Crippen LogP contribution < -0.4 is 5.73 Å². The highest BCUT2D eigenvalue weighted by molar-refractivity contribution is 6.33. The van der Waals surface area contributed by atoms with Crippen LogP contribution in [0.15, 0.2) is 34.9 Å². The van der Waals surface area contributed by atoms with Gasteiger partial charge in [0.05, 0.1) is 11.2 Å². The molecule has 25 heavy (non-hydrogen) atoms. The molecule has 0 saturated carbocycles. The molecule has 0 radical (unpaired) electrons. The lowest BCUT2D eigenvalue weighted by Gasteiger charge is -2.38. The number of hydrogen-bond acceptors (Lipinski definition) is 4. The SMILES string of the molecule is CC1CCN(C(=O)CCc2ncc(-c3ccccc3Cl)o2)C(CN)C1. The van der Waals surface area contributed by atoms with Crippen molar-refractivity contribution in [3.63, 3.8) is 0 Å². The molecule has 2 heterocycles. The molecule has 1 aromatic heterocycles. The number of oxazole rings is 1. The van der Waals surface area contributed by atoms with Crippen LogP contribution in [0.4, 0.5) is 0 Å². The number of piperidine rings is 1. The number of carbonyl (C=O) groups is 1. The maximum Gasteiger partial charge on any atom is 0.223 e. The number of nitrogens with zero attached hydrogens (tertiary/aromatic N) is 2. The number of aryl methyl sites for hydroxylation is 1. The van der Waals surface area contributed by atoms with Crippen molar-refractivity contribution in [3.8, 4) is 11.3 Å². The fourth-order valence-electron chi connectivity index (χ4n) is 3.37. The third-order valence-electron chi connectivity index (χ3n) is 4.82. The third-order valence-corrected chi connectivity index (χ3v) is 5.15. The molecule has 0 spiro atoms. The van der Waals surface area contributed by atoms with E-state index in [0.29, 0.717) is 42.0 Å². The fraction of sp³-hybridized carbons (Fsp3) is 0.474. The zero-order chi connectivity index (χ0) is 17.8. The van der Waals surface area contributed by atoms with Crippen LogP contribution >= 0.6 is 11.6 Å². The standard InChI is InChI=1S/C19H24ClN3O2/c1-13-8-9-23(14(10-13)11-21)19(24)7-6-18-22-12-17(25-18)15-4-2-3-5-16(15)20/h2-5,12-14H,6-11,21H2,1H3. The van der Waals surface area contributed by atoms with Crippen LogP contribution in [-0.4, -0.2) is 34.9 Å². The van der Waals surface area contributed by atoms with Crippen molar-refractivity contribution in [1.29, 1.82) is 0 Å². The molecule has 3 rings (SSSR count). The normalized spacial score (nSPS) is 20.7. The average Bonchev–Trinajstić information content (AvgIpc) is 3.08. The first kappa shape index (κ1) is 18.0. The van der Waals surface area contributed by atoms with Gasteiger partial charge in [-0.3, -0.25) is 4.79 Å². The van der Waals surface area contributed by atoms with Crippen molar-refractivity contribution in [3.05, 3.63) is 41.4 Å². The van der Waals surface area contributed by atoms with Crippen molar-refractivity contribution in [2.75, 3.05) is 13.1 Å². The lowest BCUT2D eigenvalue weighted by molar-refractivity contribution is -0.135. The molecule has 1 fully saturated rings. The van der Waals surface area contributed by atoms with Crippen LogP contribution in [-0.2, 0) is 11.2 Å². The van der Waals surface area contributed by atoms with Crippen molar-refractivity contribution in [1.82, 2.24) is 9.88 Å². The van der Waals surface area contributed by atoms with Gasteiger partial charge in [-0.25, -0.2) is 4.98 Å². The van der Waals surface area contributed by atoms with Crippen molar-refractivity contribution >= 4 is 17.5 Å². The highest BCUT2D eigenvalue weighted by atomic mass is 35.5. The molecule has 1 aliphatic heterocycles. The number of amides is 1. The van der Waals surface area contributed by atoms with E-state index in [9.17, 15) is 4.79 Å². The highest BCUT2D eigenvalue weighted by Crippen LogP contribution is 2.28. The van der Waals surface area contributed by atoms with Crippen LogP contribution in [0, 0.1) is 5.92 Å². The fourth-order valence-corrected chi connectivity index (χ4v) is 3.60. The molecule has 1 aromatic carbocycles. The molecule has 1 amide bonds. The number of carbonyl (C=O) groups excluding carboxylic acids is 1. The molecule has 5 nitrogen and oxygen atoms in total. The Kier molecular flexibility index (Phi) is 5.76. The Hall–Kier alpha value is -1.85. The second kappa shape index (κ2) is 8.02. The van der Waals surface area contributed by atoms with Gasteiger partial charge in [-0.1, -0.05) is 30.7 Å². The lowest BCUT2D eigenvalue weighted by Crippen LogP contribution is -2.49. The number of halogens is 1. The number of hydrogen-bond donors (Lipinski definition) is 1. The Balaban J connectivity index is 1.60. The van der Waals surface area contributed by atoms with Gasteiger partial charge in [0.1, 0.15) is 0 Å². The topological polar surface area (TPSA) is 72.4 Å². The number of aromatic nitrogens is 1. The Labute approximate surface area is 153 Å². The Morgan fingerprint density at radius 1 is 1.44 bits per heavy atom. The number of rotatable bonds is 5. The smallest absolute Gasteiger partial charge is 0.223 e. The molecule has 0 bridgehead atoms. The van der Waals surface area contributed by atoms with E-state index < -0.39 is 0 Å². The van der Waals surface area contributed by atoms with Gasteiger partial charge >= 0.3 is 0 Å². The van der Waals surface area contributed by atoms with Gasteiger partial charge in [-0.2, -0.15) is 0 Å². The predicted octanol–water partition coefficient (Wildman–Crippen LogP) is 3.51. The number of likely N-dealkylation sites (tertiary alicyclic amines) is 1. The number of benzene rings is 1. The Bertz CT molecular complexity index is 731. The summed E-state index contributed by atoms with van der Waals surface area (Å²) in [6.07, 6.45) is 4.54. The minimum absolute atomic E-state index is 0.125. The molecule has 2 unspecified atom stereocenters. The van der Waals surface area contributed by atoms with E-state index in [0.717, 1.165) is 24.9 Å². The van der Waals surface area contributed by atoms with Gasteiger partial charge in [0.25, 0.3) is 0 Å². The first-order valence-electron chi connectivity index (χ1n) is 8.77. The van der Waals surface area contributed by atoms with Crippen LogP contribution in [0.1, 0.15) is 32.1 Å². The van der Waals surface area contributed by atoms with Crippen molar-refractivity contribution in [2.24, 2.45) is 11.7 Å². The molecule has 2 aromatic rings. The molecule has 2 atom stereocenters. The van der Waals surface area contributed by atoms with E-state index in [1.54, 1.807) is 6.20 Å². The minimum Gasteiger partial charge on any atom is -0.441 e. The molecule has 1 saturated heterocycles. The van der Waals surface area contributed by atoms with Gasteiger partial charge in [-0.05, 0) is 30.9 Å². The first-order valence-corrected chi connectivity index (χ1v) is 9.15. The zero-order valence-electron chi connectivity index (χ0n) is 14.5. The second-order valence-corrected chi connectivity index (χ2v) is 7.11. The van der Waals surface area contributed by atoms with E-state index in [1.807, 2.05) is 29.2 Å². The molecular formula is C19H24ClN3O2. The maximum atomic E-state index is 12.6. The van der Waals surface area contributed by atoms with Crippen LogP contribution in [0.25, 0.3) is 11.3 Å². The first-order chi connectivity index (χ1) is 12.1. The van der Waals surface area contributed by atoms with Crippen molar-refractivity contribution in [2.45, 2.75) is 38.6 Å². The quantitative estimate of drug-likeness (QED) is 0.884. The van der Waals surface area contributed by atoms with E-state index in [-0.39, 0.29) is 11.9 Å². The zero-order valence-corrected chi connectivity index (χ0v) is 15.2. The summed E-state index contributed by atoms with van der Waals surface area (Å²) in [5, 5.41) is 0.620. The third kappa shape index (κ3) is 4.22. The molecule has 134 valence electrons. The van der Waals surface area contributed by atoms with Crippen molar-refractivity contribution < 1.29 is 9.21 Å². The monoisotopic (exact) mass is 361 g/mol. The van der Waals surface area contributed by atoms with E-state index in [1.165, 1.54) is 0 Å². The Morgan fingerprint density at radius 2 is 2.24 bits per heavy atom. The van der Waals surface area contributed by atoms with Crippen LogP contribution in [0.5, 0.6) is 0 Å². The maximum absolute atomic E-state index is 12.6.